The number of fused-ring (bicyclic) bond motifs is 2. The van der Waals surface area contributed by atoms with Crippen LogP contribution in [0.15, 0.2) is 16.5 Å². The highest BCUT2D eigenvalue weighted by atomic mass is 35.5. The van der Waals surface area contributed by atoms with Crippen molar-refractivity contribution < 1.29 is 18.7 Å². The van der Waals surface area contributed by atoms with Crippen molar-refractivity contribution in [3.63, 3.8) is 0 Å². The van der Waals surface area contributed by atoms with E-state index in [2.05, 4.69) is 5.32 Å². The highest BCUT2D eigenvalue weighted by molar-refractivity contribution is 6.35. The molecule has 2 aliphatic rings. The van der Waals surface area contributed by atoms with E-state index in [4.69, 9.17) is 26.5 Å². The molecular formula is C21H26ClN3O4. The van der Waals surface area contributed by atoms with Gasteiger partial charge in [-0.25, -0.2) is 4.79 Å². The Morgan fingerprint density at radius 3 is 2.59 bits per heavy atom. The maximum Gasteiger partial charge on any atom is 0.410 e. The number of nitrogens with two attached hydrogens (primary N) is 1. The minimum atomic E-state index is -0.493. The Bertz CT molecular complexity index is 982. The average Bonchev–Trinajstić information content (AvgIpc) is 2.96. The zero-order chi connectivity index (χ0) is 21.1. The first-order valence-corrected chi connectivity index (χ1v) is 10.2. The number of nitrogens with zero attached hydrogens (tertiary/aromatic N) is 1. The number of nitrogen functional groups attached to an aromatic ring is 1. The standard InChI is InChI=1S/C21H26ClN3O4/c1-10-5-11-17(23)16(22)6-12(18(11)28-10)19(26)24-7-13-14-8-25(9-15(13)14)20(27)29-21(2,3)4/h5-6,13-15H,7-9,23H2,1-4H3,(H,24,26). The second-order valence-corrected chi connectivity index (χ2v) is 9.41. The van der Waals surface area contributed by atoms with Crippen LogP contribution < -0.4 is 11.1 Å². The molecule has 0 spiro atoms. The highest BCUT2D eigenvalue weighted by Crippen LogP contribution is 2.51. The summed E-state index contributed by atoms with van der Waals surface area (Å²) in [6.07, 6.45) is -0.264. The molecule has 1 aliphatic heterocycles. The number of aryl methyl sites for hydroxylation is 1. The molecule has 2 amide bonds. The Hall–Kier alpha value is -2.41. The third-order valence-electron chi connectivity index (χ3n) is 5.68. The van der Waals surface area contributed by atoms with Crippen LogP contribution >= 0.6 is 11.6 Å². The van der Waals surface area contributed by atoms with Crippen molar-refractivity contribution in [2.24, 2.45) is 17.8 Å². The third kappa shape index (κ3) is 3.75. The summed E-state index contributed by atoms with van der Waals surface area (Å²) < 4.78 is 11.1. The van der Waals surface area contributed by atoms with Gasteiger partial charge >= 0.3 is 6.09 Å². The number of amides is 2. The van der Waals surface area contributed by atoms with Crippen molar-refractivity contribution in [2.45, 2.75) is 33.3 Å². The van der Waals surface area contributed by atoms with Crippen LogP contribution in [0.2, 0.25) is 5.02 Å². The van der Waals surface area contributed by atoms with E-state index in [0.717, 1.165) is 0 Å². The van der Waals surface area contributed by atoms with Gasteiger partial charge in [-0.3, -0.25) is 4.79 Å². The minimum absolute atomic E-state index is 0.236. The second-order valence-electron chi connectivity index (χ2n) is 9.01. The predicted octanol–water partition coefficient (Wildman–Crippen LogP) is 3.82. The van der Waals surface area contributed by atoms with Crippen molar-refractivity contribution in [1.29, 1.82) is 0 Å². The van der Waals surface area contributed by atoms with Gasteiger partial charge in [0.1, 0.15) is 16.9 Å². The average molecular weight is 420 g/mol. The first-order valence-electron chi connectivity index (χ1n) is 9.79. The van der Waals surface area contributed by atoms with Crippen LogP contribution in [0, 0.1) is 24.7 Å². The van der Waals surface area contributed by atoms with Crippen molar-refractivity contribution in [1.82, 2.24) is 10.2 Å². The Labute approximate surface area is 174 Å². The summed E-state index contributed by atoms with van der Waals surface area (Å²) in [5.41, 5.74) is 6.76. The van der Waals surface area contributed by atoms with Crippen molar-refractivity contribution in [3.05, 3.63) is 28.5 Å². The molecule has 0 bridgehead atoms. The maximum atomic E-state index is 12.8. The van der Waals surface area contributed by atoms with Crippen molar-refractivity contribution in [2.75, 3.05) is 25.4 Å². The third-order valence-corrected chi connectivity index (χ3v) is 6.00. The largest absolute Gasteiger partial charge is 0.460 e. The number of hydrogen-bond acceptors (Lipinski definition) is 5. The van der Waals surface area contributed by atoms with Crippen LogP contribution in [0.1, 0.15) is 36.9 Å². The molecule has 2 unspecified atom stereocenters. The summed E-state index contributed by atoms with van der Waals surface area (Å²) in [5.74, 6) is 1.62. The van der Waals surface area contributed by atoms with Gasteiger partial charge in [-0.15, -0.1) is 0 Å². The van der Waals surface area contributed by atoms with Gasteiger partial charge in [-0.05, 0) is 57.6 Å². The fourth-order valence-corrected chi connectivity index (χ4v) is 4.43. The molecule has 4 rings (SSSR count). The summed E-state index contributed by atoms with van der Waals surface area (Å²) in [5, 5.41) is 3.97. The quantitative estimate of drug-likeness (QED) is 0.737. The van der Waals surface area contributed by atoms with E-state index in [1.54, 1.807) is 24.0 Å². The molecule has 1 aromatic heterocycles. The van der Waals surface area contributed by atoms with Gasteiger partial charge in [-0.2, -0.15) is 0 Å². The molecule has 3 N–H and O–H groups in total. The number of nitrogens with one attached hydrogen (secondary N) is 1. The Morgan fingerprint density at radius 2 is 1.97 bits per heavy atom. The van der Waals surface area contributed by atoms with E-state index in [1.807, 2.05) is 20.8 Å². The van der Waals surface area contributed by atoms with E-state index >= 15 is 0 Å². The highest BCUT2D eigenvalue weighted by Gasteiger charge is 2.56. The number of halogens is 1. The smallest absolute Gasteiger partial charge is 0.410 e. The van der Waals surface area contributed by atoms with Crippen LogP contribution in [-0.4, -0.2) is 42.1 Å². The number of ether oxygens (including phenoxy) is 1. The molecule has 2 atom stereocenters. The number of hydrogen-bond donors (Lipinski definition) is 2. The molecule has 7 nitrogen and oxygen atoms in total. The lowest BCUT2D eigenvalue weighted by Crippen LogP contribution is -2.38. The summed E-state index contributed by atoms with van der Waals surface area (Å²) in [6.45, 7) is 9.30. The molecule has 0 radical (unpaired) electrons. The number of piperidine rings is 1. The van der Waals surface area contributed by atoms with Crippen LogP contribution in [-0.2, 0) is 4.74 Å². The van der Waals surface area contributed by atoms with E-state index in [1.165, 1.54) is 0 Å². The summed E-state index contributed by atoms with van der Waals surface area (Å²) >= 11 is 6.19. The maximum absolute atomic E-state index is 12.8. The lowest BCUT2D eigenvalue weighted by Gasteiger charge is -2.26. The summed E-state index contributed by atoms with van der Waals surface area (Å²) in [4.78, 5) is 26.7. The van der Waals surface area contributed by atoms with E-state index in [-0.39, 0.29) is 12.0 Å². The molecule has 2 heterocycles. The van der Waals surface area contributed by atoms with Gasteiger partial charge in [0.15, 0.2) is 0 Å². The van der Waals surface area contributed by atoms with Crippen molar-refractivity contribution >= 4 is 40.3 Å². The van der Waals surface area contributed by atoms with Crippen LogP contribution in [0.4, 0.5) is 10.5 Å². The van der Waals surface area contributed by atoms with E-state index < -0.39 is 5.60 Å². The summed E-state index contributed by atoms with van der Waals surface area (Å²) in [7, 11) is 0. The monoisotopic (exact) mass is 419 g/mol. The molecule has 2 aromatic rings. The van der Waals surface area contributed by atoms with Gasteiger partial charge < -0.3 is 25.1 Å². The number of benzene rings is 1. The zero-order valence-electron chi connectivity index (χ0n) is 17.0. The second kappa shape index (κ2) is 6.83. The molecule has 1 saturated heterocycles. The van der Waals surface area contributed by atoms with E-state index in [0.29, 0.717) is 70.4 Å². The Balaban J connectivity index is 1.36. The number of carbonyl (C=O) groups excluding carboxylic acids is 2. The van der Waals surface area contributed by atoms with Gasteiger partial charge in [0.25, 0.3) is 5.91 Å². The number of rotatable bonds is 3. The molecule has 1 aromatic carbocycles. The minimum Gasteiger partial charge on any atom is -0.460 e. The van der Waals surface area contributed by atoms with Crippen LogP contribution in [0.5, 0.6) is 0 Å². The number of furan rings is 1. The lowest BCUT2D eigenvalue weighted by molar-refractivity contribution is 0.0265. The number of carbonyl (C=O) groups is 2. The normalized spacial score (nSPS) is 23.2. The molecule has 1 aliphatic carbocycles. The van der Waals surface area contributed by atoms with Gasteiger partial charge in [0, 0.05) is 25.0 Å². The fraction of sp³-hybridized carbons (Fsp3) is 0.524. The Morgan fingerprint density at radius 1 is 1.31 bits per heavy atom. The van der Waals surface area contributed by atoms with E-state index in [9.17, 15) is 9.59 Å². The number of anilines is 1. The molecule has 156 valence electrons. The topological polar surface area (TPSA) is 97.8 Å². The summed E-state index contributed by atoms with van der Waals surface area (Å²) in [6, 6.07) is 3.33. The molecule has 2 fully saturated rings. The van der Waals surface area contributed by atoms with Gasteiger partial charge in [-0.1, -0.05) is 11.6 Å². The molecule has 8 heteroatoms. The molecular weight excluding hydrogens is 394 g/mol. The SMILES string of the molecule is Cc1cc2c(N)c(Cl)cc(C(=O)NCC3C4CN(C(=O)OC(C)(C)C)CC34)c2o1. The first kappa shape index (κ1) is 19.9. The number of likely N-dealkylation sites (tertiary alicyclic amines) is 1. The van der Waals surface area contributed by atoms with Gasteiger partial charge in [0.2, 0.25) is 0 Å². The van der Waals surface area contributed by atoms with Crippen LogP contribution in [0.3, 0.4) is 0 Å². The zero-order valence-corrected chi connectivity index (χ0v) is 17.8. The lowest BCUT2D eigenvalue weighted by atomic mass is 10.1. The molecule has 1 saturated carbocycles. The van der Waals surface area contributed by atoms with Crippen LogP contribution in [0.25, 0.3) is 11.0 Å². The molecule has 29 heavy (non-hydrogen) atoms. The van der Waals surface area contributed by atoms with Gasteiger partial charge in [0.05, 0.1) is 16.3 Å². The Kier molecular flexibility index (Phi) is 4.69. The fourth-order valence-electron chi connectivity index (χ4n) is 4.22. The predicted molar refractivity (Wildman–Crippen MR) is 111 cm³/mol. The first-order chi connectivity index (χ1) is 13.5. The van der Waals surface area contributed by atoms with Crippen molar-refractivity contribution in [3.8, 4) is 0 Å².